The van der Waals surface area contributed by atoms with Crippen LogP contribution in [0.25, 0.3) is 0 Å². The van der Waals surface area contributed by atoms with Crippen LogP contribution in [0.4, 0.5) is 0 Å². The summed E-state index contributed by atoms with van der Waals surface area (Å²) in [6.07, 6.45) is 4.78. The predicted molar refractivity (Wildman–Crippen MR) is 65.2 cm³/mol. The molecule has 0 spiro atoms. The molecule has 1 rings (SSSR count). The van der Waals surface area contributed by atoms with Gasteiger partial charge in [0.25, 0.3) is 0 Å². The second kappa shape index (κ2) is 5.01. The Labute approximate surface area is 92.8 Å². The Hall–Kier alpha value is -1.24. The normalized spacial score (nSPS) is 12.0. The molecule has 0 aliphatic rings. The van der Waals surface area contributed by atoms with Crippen LogP contribution in [0.3, 0.4) is 0 Å². The van der Waals surface area contributed by atoms with Crippen molar-refractivity contribution in [3.8, 4) is 5.75 Å². The molecule has 0 aromatic heterocycles. The van der Waals surface area contributed by atoms with E-state index in [0.29, 0.717) is 0 Å². The van der Waals surface area contributed by atoms with Crippen LogP contribution in [0.15, 0.2) is 36.6 Å². The quantitative estimate of drug-likeness (QED) is 0.667. The van der Waals surface area contributed by atoms with Crippen LogP contribution < -0.4 is 4.74 Å². The van der Waals surface area contributed by atoms with Crippen molar-refractivity contribution in [1.29, 1.82) is 0 Å². The zero-order chi connectivity index (χ0) is 11.3. The maximum atomic E-state index is 5.62. The topological polar surface area (TPSA) is 9.23 Å². The van der Waals surface area contributed by atoms with Gasteiger partial charge in [0.05, 0.1) is 6.26 Å². The van der Waals surface area contributed by atoms with E-state index in [1.54, 1.807) is 6.26 Å². The van der Waals surface area contributed by atoms with Gasteiger partial charge in [-0.15, -0.1) is 0 Å². The molecule has 0 saturated carbocycles. The molecular formula is C14H20O. The molecule has 82 valence electrons. The highest BCUT2D eigenvalue weighted by atomic mass is 16.5. The Morgan fingerprint density at radius 3 is 2.47 bits per heavy atom. The highest BCUT2D eigenvalue weighted by Crippen LogP contribution is 2.30. The van der Waals surface area contributed by atoms with E-state index in [0.717, 1.165) is 12.2 Å². The van der Waals surface area contributed by atoms with E-state index in [-0.39, 0.29) is 5.41 Å². The molecule has 0 fully saturated rings. The average molecular weight is 204 g/mol. The third kappa shape index (κ3) is 3.43. The number of hydrogen-bond acceptors (Lipinski definition) is 1. The lowest BCUT2D eigenvalue weighted by Gasteiger charge is -2.21. The Bertz CT molecular complexity index is 331. The molecule has 0 aliphatic carbocycles. The van der Waals surface area contributed by atoms with Crippen LogP contribution >= 0.6 is 0 Å². The van der Waals surface area contributed by atoms with Gasteiger partial charge in [-0.2, -0.15) is 0 Å². The molecule has 0 heterocycles. The van der Waals surface area contributed by atoms with E-state index in [9.17, 15) is 0 Å². The zero-order valence-corrected chi connectivity index (χ0v) is 10.1. The van der Waals surface area contributed by atoms with Crippen molar-refractivity contribution in [1.82, 2.24) is 0 Å². The first kappa shape index (κ1) is 11.8. The van der Waals surface area contributed by atoms with Crippen LogP contribution in [-0.4, -0.2) is 0 Å². The maximum absolute atomic E-state index is 5.62. The minimum Gasteiger partial charge on any atom is -0.465 e. The fourth-order valence-corrected chi connectivity index (χ4v) is 1.41. The lowest BCUT2D eigenvalue weighted by atomic mass is 9.86. The van der Waals surface area contributed by atoms with Gasteiger partial charge in [-0.05, 0) is 24.0 Å². The van der Waals surface area contributed by atoms with E-state index in [2.05, 4.69) is 39.8 Å². The van der Waals surface area contributed by atoms with Crippen LogP contribution in [0.1, 0.15) is 39.7 Å². The Morgan fingerprint density at radius 2 is 1.87 bits per heavy atom. The average Bonchev–Trinajstić information content (AvgIpc) is 2.17. The second-order valence-corrected chi connectivity index (χ2v) is 4.64. The highest BCUT2D eigenvalue weighted by molar-refractivity contribution is 5.38. The lowest BCUT2D eigenvalue weighted by molar-refractivity contribution is 0.452. The summed E-state index contributed by atoms with van der Waals surface area (Å²) >= 11 is 0. The molecule has 1 aromatic carbocycles. The second-order valence-electron chi connectivity index (χ2n) is 4.64. The lowest BCUT2D eigenvalue weighted by Crippen LogP contribution is -2.12. The Balaban J connectivity index is 2.92. The van der Waals surface area contributed by atoms with Crippen LogP contribution in [-0.2, 0) is 5.41 Å². The van der Waals surface area contributed by atoms with E-state index in [1.807, 2.05) is 18.2 Å². The zero-order valence-electron chi connectivity index (χ0n) is 10.1. The third-order valence-electron chi connectivity index (χ3n) is 2.22. The van der Waals surface area contributed by atoms with Gasteiger partial charge >= 0.3 is 0 Å². The van der Waals surface area contributed by atoms with Gasteiger partial charge in [-0.25, -0.2) is 0 Å². The molecule has 0 radical (unpaired) electrons. The fourth-order valence-electron chi connectivity index (χ4n) is 1.41. The summed E-state index contributed by atoms with van der Waals surface area (Å²) in [4.78, 5) is 0. The molecular weight excluding hydrogens is 184 g/mol. The summed E-state index contributed by atoms with van der Waals surface area (Å²) in [5.41, 5.74) is 1.36. The summed E-state index contributed by atoms with van der Waals surface area (Å²) in [5.74, 6) is 0.953. The summed E-state index contributed by atoms with van der Waals surface area (Å²) in [7, 11) is 0. The Kier molecular flexibility index (Phi) is 3.96. The monoisotopic (exact) mass is 204 g/mol. The van der Waals surface area contributed by atoms with E-state index in [4.69, 9.17) is 4.74 Å². The number of rotatable bonds is 3. The van der Waals surface area contributed by atoms with Gasteiger partial charge in [0, 0.05) is 5.56 Å². The SMILES string of the molecule is CC/C=C/Oc1ccccc1C(C)(C)C. The first-order valence-electron chi connectivity index (χ1n) is 5.47. The largest absolute Gasteiger partial charge is 0.465 e. The number of allylic oxidation sites excluding steroid dienone is 1. The molecule has 0 N–H and O–H groups in total. The van der Waals surface area contributed by atoms with E-state index in [1.165, 1.54) is 5.56 Å². The minimum absolute atomic E-state index is 0.122. The van der Waals surface area contributed by atoms with Gasteiger partial charge < -0.3 is 4.74 Å². The first-order valence-corrected chi connectivity index (χ1v) is 5.47. The molecule has 1 heteroatoms. The summed E-state index contributed by atoms with van der Waals surface area (Å²) < 4.78 is 5.62. The van der Waals surface area contributed by atoms with Gasteiger partial charge in [0.1, 0.15) is 5.75 Å². The fraction of sp³-hybridized carbons (Fsp3) is 0.429. The molecule has 0 atom stereocenters. The molecule has 0 saturated heterocycles. The standard InChI is InChI=1S/C14H20O/c1-5-6-11-15-13-10-8-7-9-12(13)14(2,3)4/h6-11H,5H2,1-4H3/b11-6+. The molecule has 0 bridgehead atoms. The number of benzene rings is 1. The number of para-hydroxylation sites is 1. The molecule has 15 heavy (non-hydrogen) atoms. The van der Waals surface area contributed by atoms with Crippen molar-refractivity contribution >= 4 is 0 Å². The molecule has 0 unspecified atom stereocenters. The van der Waals surface area contributed by atoms with Crippen LogP contribution in [0, 0.1) is 0 Å². The van der Waals surface area contributed by atoms with Crippen molar-refractivity contribution < 1.29 is 4.74 Å². The van der Waals surface area contributed by atoms with Crippen molar-refractivity contribution in [2.75, 3.05) is 0 Å². The van der Waals surface area contributed by atoms with E-state index >= 15 is 0 Å². The maximum Gasteiger partial charge on any atom is 0.130 e. The van der Waals surface area contributed by atoms with Crippen molar-refractivity contribution in [3.05, 3.63) is 42.2 Å². The van der Waals surface area contributed by atoms with E-state index < -0.39 is 0 Å². The van der Waals surface area contributed by atoms with Crippen LogP contribution in [0.2, 0.25) is 0 Å². The molecule has 0 amide bonds. The van der Waals surface area contributed by atoms with Crippen molar-refractivity contribution in [2.24, 2.45) is 0 Å². The van der Waals surface area contributed by atoms with Crippen LogP contribution in [0.5, 0.6) is 5.75 Å². The molecule has 1 nitrogen and oxygen atoms in total. The summed E-state index contributed by atoms with van der Waals surface area (Å²) in [6.45, 7) is 8.67. The summed E-state index contributed by atoms with van der Waals surface area (Å²) in [6, 6.07) is 8.19. The number of ether oxygens (including phenoxy) is 1. The highest BCUT2D eigenvalue weighted by Gasteiger charge is 2.17. The number of hydrogen-bond donors (Lipinski definition) is 0. The van der Waals surface area contributed by atoms with Crippen molar-refractivity contribution in [3.63, 3.8) is 0 Å². The molecule has 0 aliphatic heterocycles. The molecule has 1 aromatic rings. The smallest absolute Gasteiger partial charge is 0.130 e. The Morgan fingerprint density at radius 1 is 1.20 bits per heavy atom. The van der Waals surface area contributed by atoms with Gasteiger partial charge in [-0.1, -0.05) is 45.9 Å². The predicted octanol–water partition coefficient (Wildman–Crippen LogP) is 4.29. The van der Waals surface area contributed by atoms with Crippen molar-refractivity contribution in [2.45, 2.75) is 39.5 Å². The first-order chi connectivity index (χ1) is 7.05. The van der Waals surface area contributed by atoms with Gasteiger partial charge in [0.2, 0.25) is 0 Å². The van der Waals surface area contributed by atoms with Gasteiger partial charge in [0.15, 0.2) is 0 Å². The third-order valence-corrected chi connectivity index (χ3v) is 2.22. The van der Waals surface area contributed by atoms with Gasteiger partial charge in [-0.3, -0.25) is 0 Å². The minimum atomic E-state index is 0.122. The summed E-state index contributed by atoms with van der Waals surface area (Å²) in [5, 5.41) is 0.